The Morgan fingerprint density at radius 2 is 2.00 bits per heavy atom. The van der Waals surface area contributed by atoms with Crippen molar-refractivity contribution < 1.29 is 14.3 Å². The van der Waals surface area contributed by atoms with Crippen molar-refractivity contribution in [3.8, 4) is 10.6 Å². The highest BCUT2D eigenvalue weighted by Gasteiger charge is 2.19. The molecule has 0 spiro atoms. The van der Waals surface area contributed by atoms with E-state index in [2.05, 4.69) is 17.2 Å². The Hall–Kier alpha value is -2.21. The van der Waals surface area contributed by atoms with Gasteiger partial charge in [0.1, 0.15) is 9.88 Å². The predicted octanol–water partition coefficient (Wildman–Crippen LogP) is 3.58. The van der Waals surface area contributed by atoms with Gasteiger partial charge in [-0.1, -0.05) is 43.7 Å². The lowest BCUT2D eigenvalue weighted by Gasteiger charge is -2.12. The molecule has 0 radical (unpaired) electrons. The maximum Gasteiger partial charge on any atom is 0.350 e. The van der Waals surface area contributed by atoms with Gasteiger partial charge in [0.25, 0.3) is 5.91 Å². The fraction of sp³-hybridized carbons (Fsp3) is 0.389. The molecular weight excluding hydrogens is 324 g/mol. The minimum absolute atomic E-state index is 0.0797. The summed E-state index contributed by atoms with van der Waals surface area (Å²) in [6, 6.07) is 9.73. The van der Waals surface area contributed by atoms with Gasteiger partial charge in [-0.15, -0.1) is 11.3 Å². The molecule has 0 aliphatic heterocycles. The second-order valence-electron chi connectivity index (χ2n) is 5.63. The molecule has 1 aromatic heterocycles. The van der Waals surface area contributed by atoms with Gasteiger partial charge in [-0.25, -0.2) is 9.78 Å². The molecule has 0 bridgehead atoms. The lowest BCUT2D eigenvalue weighted by molar-refractivity contribution is -0.124. The summed E-state index contributed by atoms with van der Waals surface area (Å²) >= 11 is 1.28. The molecule has 1 heterocycles. The van der Waals surface area contributed by atoms with Crippen molar-refractivity contribution in [3.63, 3.8) is 0 Å². The predicted molar refractivity (Wildman–Crippen MR) is 95.1 cm³/mol. The second-order valence-corrected chi connectivity index (χ2v) is 6.63. The monoisotopic (exact) mass is 346 g/mol. The molecule has 2 aromatic rings. The van der Waals surface area contributed by atoms with E-state index >= 15 is 0 Å². The summed E-state index contributed by atoms with van der Waals surface area (Å²) in [6.45, 7) is 5.48. The van der Waals surface area contributed by atoms with E-state index in [9.17, 15) is 9.59 Å². The minimum atomic E-state index is -0.509. The van der Waals surface area contributed by atoms with Gasteiger partial charge < -0.3 is 10.1 Å². The quantitative estimate of drug-likeness (QED) is 0.778. The molecule has 1 N–H and O–H groups in total. The molecule has 1 aromatic carbocycles. The van der Waals surface area contributed by atoms with E-state index in [-0.39, 0.29) is 18.6 Å². The van der Waals surface area contributed by atoms with Gasteiger partial charge in [0.05, 0.1) is 5.69 Å². The third kappa shape index (κ3) is 4.89. The van der Waals surface area contributed by atoms with Crippen LogP contribution >= 0.6 is 11.3 Å². The molecule has 0 saturated heterocycles. The summed E-state index contributed by atoms with van der Waals surface area (Å²) in [5.74, 6) is -0.791. The van der Waals surface area contributed by atoms with Crippen LogP contribution in [0.4, 0.5) is 0 Å². The molecule has 5 nitrogen and oxygen atoms in total. The van der Waals surface area contributed by atoms with Gasteiger partial charge in [0.2, 0.25) is 0 Å². The number of ether oxygens (including phenoxy) is 1. The van der Waals surface area contributed by atoms with Gasteiger partial charge in [0.15, 0.2) is 6.61 Å². The Kier molecular flexibility index (Phi) is 6.49. The van der Waals surface area contributed by atoms with Crippen LogP contribution in [0.3, 0.4) is 0 Å². The highest BCUT2D eigenvalue weighted by Crippen LogP contribution is 2.28. The number of hydrogen-bond donors (Lipinski definition) is 1. The molecule has 128 valence electrons. The van der Waals surface area contributed by atoms with E-state index in [4.69, 9.17) is 4.74 Å². The van der Waals surface area contributed by atoms with Crippen molar-refractivity contribution >= 4 is 23.2 Å². The van der Waals surface area contributed by atoms with Gasteiger partial charge in [-0.2, -0.15) is 0 Å². The van der Waals surface area contributed by atoms with Gasteiger partial charge in [-0.05, 0) is 20.3 Å². The van der Waals surface area contributed by atoms with Crippen molar-refractivity contribution in [1.82, 2.24) is 10.3 Å². The largest absolute Gasteiger partial charge is 0.451 e. The SMILES string of the molecule is CCC[C@H](C)NC(=O)COC(=O)c1sc(-c2ccccc2)nc1C. The van der Waals surface area contributed by atoms with Crippen LogP contribution in [0.15, 0.2) is 30.3 Å². The Morgan fingerprint density at radius 3 is 2.67 bits per heavy atom. The number of amides is 1. The Morgan fingerprint density at radius 1 is 1.29 bits per heavy atom. The number of thiazole rings is 1. The first-order valence-electron chi connectivity index (χ1n) is 8.00. The van der Waals surface area contributed by atoms with Gasteiger partial charge in [-0.3, -0.25) is 4.79 Å². The first-order valence-corrected chi connectivity index (χ1v) is 8.82. The zero-order valence-electron chi connectivity index (χ0n) is 14.2. The fourth-order valence-electron chi connectivity index (χ4n) is 2.31. The van der Waals surface area contributed by atoms with Crippen molar-refractivity contribution in [1.29, 1.82) is 0 Å². The number of aromatic nitrogens is 1. The van der Waals surface area contributed by atoms with E-state index in [0.29, 0.717) is 10.6 Å². The number of carbonyl (C=O) groups is 2. The highest BCUT2D eigenvalue weighted by atomic mass is 32.1. The number of benzene rings is 1. The summed E-state index contributed by atoms with van der Waals surface area (Å²) in [5.41, 5.74) is 1.57. The average molecular weight is 346 g/mol. The van der Waals surface area contributed by atoms with E-state index < -0.39 is 5.97 Å². The number of aryl methyl sites for hydroxylation is 1. The second kappa shape index (κ2) is 8.59. The first-order chi connectivity index (χ1) is 11.5. The normalized spacial score (nSPS) is 11.8. The van der Waals surface area contributed by atoms with Crippen LogP contribution in [-0.2, 0) is 9.53 Å². The highest BCUT2D eigenvalue weighted by molar-refractivity contribution is 7.17. The van der Waals surface area contributed by atoms with Crippen LogP contribution in [0, 0.1) is 6.92 Å². The van der Waals surface area contributed by atoms with Crippen LogP contribution < -0.4 is 5.32 Å². The number of nitrogens with zero attached hydrogens (tertiary/aromatic N) is 1. The molecular formula is C18H22N2O3S. The Balaban J connectivity index is 1.96. The summed E-state index contributed by atoms with van der Waals surface area (Å²) < 4.78 is 5.12. The number of hydrogen-bond acceptors (Lipinski definition) is 5. The van der Waals surface area contributed by atoms with Crippen molar-refractivity contribution in [2.24, 2.45) is 0 Å². The average Bonchev–Trinajstić information content (AvgIpc) is 2.95. The lowest BCUT2D eigenvalue weighted by Crippen LogP contribution is -2.35. The van der Waals surface area contributed by atoms with E-state index in [0.717, 1.165) is 23.4 Å². The first kappa shape index (κ1) is 18.1. The maximum atomic E-state index is 12.2. The number of nitrogens with one attached hydrogen (secondary N) is 1. The summed E-state index contributed by atoms with van der Waals surface area (Å²) in [7, 11) is 0. The standard InChI is InChI=1S/C18H22N2O3S/c1-4-8-12(2)19-15(21)11-23-18(22)16-13(3)20-17(24-16)14-9-6-5-7-10-14/h5-7,9-10,12H,4,8,11H2,1-3H3,(H,19,21)/t12-/m0/s1. The van der Waals surface area contributed by atoms with E-state index in [1.165, 1.54) is 11.3 Å². The van der Waals surface area contributed by atoms with Crippen LogP contribution in [0.5, 0.6) is 0 Å². The zero-order valence-corrected chi connectivity index (χ0v) is 15.0. The Bertz CT molecular complexity index is 698. The molecule has 2 rings (SSSR count). The smallest absolute Gasteiger partial charge is 0.350 e. The minimum Gasteiger partial charge on any atom is -0.451 e. The van der Waals surface area contributed by atoms with Crippen molar-refractivity contribution in [2.75, 3.05) is 6.61 Å². The zero-order chi connectivity index (χ0) is 17.5. The maximum absolute atomic E-state index is 12.2. The van der Waals surface area contributed by atoms with E-state index in [1.807, 2.05) is 37.3 Å². The third-order valence-electron chi connectivity index (χ3n) is 3.47. The summed E-state index contributed by atoms with van der Waals surface area (Å²) in [4.78, 5) is 28.8. The van der Waals surface area contributed by atoms with Crippen LogP contribution in [0.25, 0.3) is 10.6 Å². The molecule has 0 unspecified atom stereocenters. The topological polar surface area (TPSA) is 68.3 Å². The van der Waals surface area contributed by atoms with Gasteiger partial charge in [0, 0.05) is 11.6 Å². The Labute approximate surface area is 146 Å². The fourth-order valence-corrected chi connectivity index (χ4v) is 3.27. The third-order valence-corrected chi connectivity index (χ3v) is 4.65. The molecule has 1 atom stereocenters. The number of rotatable bonds is 7. The van der Waals surface area contributed by atoms with Gasteiger partial charge >= 0.3 is 5.97 Å². The van der Waals surface area contributed by atoms with Crippen LogP contribution in [0.2, 0.25) is 0 Å². The number of esters is 1. The van der Waals surface area contributed by atoms with Crippen molar-refractivity contribution in [2.45, 2.75) is 39.7 Å². The van der Waals surface area contributed by atoms with E-state index in [1.54, 1.807) is 6.92 Å². The number of carbonyl (C=O) groups excluding carboxylic acids is 2. The molecule has 6 heteroatoms. The summed E-state index contributed by atoms with van der Waals surface area (Å²) in [6.07, 6.45) is 1.89. The lowest BCUT2D eigenvalue weighted by atomic mass is 10.2. The molecule has 1 amide bonds. The summed E-state index contributed by atoms with van der Waals surface area (Å²) in [5, 5.41) is 3.57. The molecule has 0 aliphatic rings. The van der Waals surface area contributed by atoms with Crippen LogP contribution in [0.1, 0.15) is 42.1 Å². The molecule has 0 aliphatic carbocycles. The van der Waals surface area contributed by atoms with Crippen LogP contribution in [-0.4, -0.2) is 29.5 Å². The molecule has 0 saturated carbocycles. The molecule has 24 heavy (non-hydrogen) atoms. The molecule has 0 fully saturated rings. The van der Waals surface area contributed by atoms with Crippen molar-refractivity contribution in [3.05, 3.63) is 40.9 Å².